The van der Waals surface area contributed by atoms with Gasteiger partial charge in [-0.2, -0.15) is 0 Å². The molecule has 3 heteroatoms. The Hall–Kier alpha value is -2.00. The maximum Gasteiger partial charge on any atom is 0.132 e. The van der Waals surface area contributed by atoms with E-state index in [-0.39, 0.29) is 12.4 Å². The third kappa shape index (κ3) is 2.08. The predicted molar refractivity (Wildman–Crippen MR) is 87.2 cm³/mol. The molecule has 0 aliphatic carbocycles. The van der Waals surface area contributed by atoms with E-state index in [2.05, 4.69) is 0 Å². The summed E-state index contributed by atoms with van der Waals surface area (Å²) < 4.78 is 6.17. The van der Waals surface area contributed by atoms with Crippen molar-refractivity contribution in [2.24, 2.45) is 0 Å². The zero-order valence-corrected chi connectivity index (χ0v) is 13.5. The molecule has 116 valence electrons. The summed E-state index contributed by atoms with van der Waals surface area (Å²) in [5.41, 5.74) is 5.01. The molecule has 0 unspecified atom stereocenters. The molecule has 1 aliphatic heterocycles. The van der Waals surface area contributed by atoms with Crippen molar-refractivity contribution in [3.05, 3.63) is 46.5 Å². The van der Waals surface area contributed by atoms with E-state index in [1.54, 1.807) is 6.07 Å². The topological polar surface area (TPSA) is 49.7 Å². The van der Waals surface area contributed by atoms with Gasteiger partial charge in [0.25, 0.3) is 0 Å². The van der Waals surface area contributed by atoms with Crippen molar-refractivity contribution in [1.82, 2.24) is 0 Å². The molecule has 0 spiro atoms. The van der Waals surface area contributed by atoms with E-state index in [1.165, 1.54) is 0 Å². The highest BCUT2D eigenvalue weighted by Crippen LogP contribution is 2.51. The predicted octanol–water partition coefficient (Wildman–Crippen LogP) is 4.05. The zero-order chi connectivity index (χ0) is 16.1. The average Bonchev–Trinajstić information content (AvgIpc) is 2.45. The number of phenolic OH excluding ortho intramolecular Hbond substituents is 1. The van der Waals surface area contributed by atoms with E-state index in [4.69, 9.17) is 4.74 Å². The second-order valence-electron chi connectivity index (χ2n) is 6.40. The number of aliphatic hydroxyl groups is 1. The standard InChI is InChI=1S/C19H22O3/c1-5-12-8-15(21)18-16(9-12)22-19(3,4)14-7-6-11(2)13(10-20)17(14)18/h6-9,20-21H,5,10H2,1-4H3. The summed E-state index contributed by atoms with van der Waals surface area (Å²) in [5, 5.41) is 20.4. The highest BCUT2D eigenvalue weighted by Gasteiger charge is 2.36. The van der Waals surface area contributed by atoms with Crippen molar-refractivity contribution in [2.75, 3.05) is 0 Å². The summed E-state index contributed by atoms with van der Waals surface area (Å²) in [6.45, 7) is 8.00. The van der Waals surface area contributed by atoms with Gasteiger partial charge in [0.15, 0.2) is 0 Å². The largest absolute Gasteiger partial charge is 0.507 e. The van der Waals surface area contributed by atoms with Crippen LogP contribution in [0.5, 0.6) is 11.5 Å². The maximum absolute atomic E-state index is 10.5. The van der Waals surface area contributed by atoms with Crippen LogP contribution in [0.25, 0.3) is 11.1 Å². The Morgan fingerprint density at radius 1 is 1.14 bits per heavy atom. The lowest BCUT2D eigenvalue weighted by molar-refractivity contribution is 0.105. The number of benzene rings is 2. The number of phenols is 1. The second kappa shape index (κ2) is 5.03. The monoisotopic (exact) mass is 298 g/mol. The second-order valence-corrected chi connectivity index (χ2v) is 6.40. The Bertz CT molecular complexity index is 745. The fraction of sp³-hybridized carbons (Fsp3) is 0.368. The van der Waals surface area contributed by atoms with Gasteiger partial charge in [0.05, 0.1) is 12.2 Å². The lowest BCUT2D eigenvalue weighted by Crippen LogP contribution is -2.30. The van der Waals surface area contributed by atoms with Crippen LogP contribution in [0.4, 0.5) is 0 Å². The fourth-order valence-corrected chi connectivity index (χ4v) is 3.27. The van der Waals surface area contributed by atoms with E-state index >= 15 is 0 Å². The Kier molecular flexibility index (Phi) is 3.41. The van der Waals surface area contributed by atoms with Gasteiger partial charge >= 0.3 is 0 Å². The van der Waals surface area contributed by atoms with Crippen molar-refractivity contribution in [1.29, 1.82) is 0 Å². The molecule has 0 atom stereocenters. The number of aliphatic hydroxyl groups excluding tert-OH is 1. The molecule has 3 rings (SSSR count). The summed E-state index contributed by atoms with van der Waals surface area (Å²) >= 11 is 0. The Morgan fingerprint density at radius 3 is 2.50 bits per heavy atom. The highest BCUT2D eigenvalue weighted by atomic mass is 16.5. The number of rotatable bonds is 2. The molecular weight excluding hydrogens is 276 g/mol. The molecule has 0 saturated heterocycles. The van der Waals surface area contributed by atoms with Crippen LogP contribution in [0.15, 0.2) is 24.3 Å². The number of hydrogen-bond acceptors (Lipinski definition) is 3. The number of aromatic hydroxyl groups is 1. The molecule has 2 aromatic rings. The molecule has 3 nitrogen and oxygen atoms in total. The summed E-state index contributed by atoms with van der Waals surface area (Å²) in [7, 11) is 0. The van der Waals surface area contributed by atoms with Crippen LogP contribution in [0, 0.1) is 6.92 Å². The van der Waals surface area contributed by atoms with E-state index in [0.29, 0.717) is 11.3 Å². The molecule has 0 aromatic heterocycles. The van der Waals surface area contributed by atoms with Crippen LogP contribution in [0.3, 0.4) is 0 Å². The van der Waals surface area contributed by atoms with Gasteiger partial charge < -0.3 is 14.9 Å². The van der Waals surface area contributed by atoms with Gasteiger partial charge in [0, 0.05) is 11.1 Å². The Morgan fingerprint density at radius 2 is 1.86 bits per heavy atom. The molecule has 0 fully saturated rings. The molecule has 22 heavy (non-hydrogen) atoms. The quantitative estimate of drug-likeness (QED) is 0.879. The van der Waals surface area contributed by atoms with Gasteiger partial charge in [-0.15, -0.1) is 0 Å². The molecule has 1 aliphatic rings. The Labute approximate surface area is 131 Å². The minimum Gasteiger partial charge on any atom is -0.507 e. The molecule has 2 N–H and O–H groups in total. The zero-order valence-electron chi connectivity index (χ0n) is 13.5. The lowest BCUT2D eigenvalue weighted by Gasteiger charge is -2.36. The smallest absolute Gasteiger partial charge is 0.132 e. The van der Waals surface area contributed by atoms with Crippen LogP contribution in [0.2, 0.25) is 0 Å². The van der Waals surface area contributed by atoms with Crippen molar-refractivity contribution in [2.45, 2.75) is 46.3 Å². The highest BCUT2D eigenvalue weighted by molar-refractivity contribution is 5.84. The summed E-state index contributed by atoms with van der Waals surface area (Å²) in [6, 6.07) is 7.80. The van der Waals surface area contributed by atoms with Crippen molar-refractivity contribution in [3.8, 4) is 22.6 Å². The summed E-state index contributed by atoms with van der Waals surface area (Å²) in [5.74, 6) is 0.904. The molecule has 0 saturated carbocycles. The van der Waals surface area contributed by atoms with Gasteiger partial charge in [-0.1, -0.05) is 19.1 Å². The van der Waals surface area contributed by atoms with Crippen LogP contribution < -0.4 is 4.74 Å². The number of fused-ring (bicyclic) bond motifs is 3. The maximum atomic E-state index is 10.5. The number of aryl methyl sites for hydroxylation is 2. The van der Waals surface area contributed by atoms with Crippen LogP contribution in [0.1, 0.15) is 43.0 Å². The molecule has 0 bridgehead atoms. The Balaban J connectivity index is 2.41. The number of ether oxygens (including phenoxy) is 1. The van der Waals surface area contributed by atoms with Gasteiger partial charge in [-0.25, -0.2) is 0 Å². The van der Waals surface area contributed by atoms with Gasteiger partial charge in [0.1, 0.15) is 17.1 Å². The molecular formula is C19H22O3. The van der Waals surface area contributed by atoms with Crippen molar-refractivity contribution in [3.63, 3.8) is 0 Å². The van der Waals surface area contributed by atoms with Crippen LogP contribution >= 0.6 is 0 Å². The van der Waals surface area contributed by atoms with E-state index in [9.17, 15) is 10.2 Å². The first-order chi connectivity index (χ1) is 10.4. The van der Waals surface area contributed by atoms with Gasteiger partial charge in [-0.05, 0) is 56.0 Å². The molecule has 0 amide bonds. The fourth-order valence-electron chi connectivity index (χ4n) is 3.27. The van der Waals surface area contributed by atoms with Gasteiger partial charge in [-0.3, -0.25) is 0 Å². The minimum atomic E-state index is -0.501. The lowest BCUT2D eigenvalue weighted by atomic mass is 9.81. The molecule has 2 aromatic carbocycles. The van der Waals surface area contributed by atoms with Gasteiger partial charge in [0.2, 0.25) is 0 Å². The summed E-state index contributed by atoms with van der Waals surface area (Å²) in [4.78, 5) is 0. The van der Waals surface area contributed by atoms with Crippen molar-refractivity contribution >= 4 is 0 Å². The normalized spacial score (nSPS) is 15.0. The van der Waals surface area contributed by atoms with E-state index < -0.39 is 5.60 Å². The average molecular weight is 298 g/mol. The van der Waals surface area contributed by atoms with E-state index in [1.807, 2.05) is 45.9 Å². The first-order valence-electron chi connectivity index (χ1n) is 7.68. The SMILES string of the molecule is CCc1cc(O)c2c(c1)OC(C)(C)c1ccc(C)c(CO)c1-2. The third-order valence-electron chi connectivity index (χ3n) is 4.52. The summed E-state index contributed by atoms with van der Waals surface area (Å²) in [6.07, 6.45) is 0.832. The van der Waals surface area contributed by atoms with Crippen molar-refractivity contribution < 1.29 is 14.9 Å². The minimum absolute atomic E-state index is 0.0561. The third-order valence-corrected chi connectivity index (χ3v) is 4.52. The first kappa shape index (κ1) is 14.9. The number of hydrogen-bond donors (Lipinski definition) is 2. The molecule has 0 radical (unpaired) electrons. The molecule has 1 heterocycles. The van der Waals surface area contributed by atoms with Crippen LogP contribution in [-0.4, -0.2) is 10.2 Å². The first-order valence-corrected chi connectivity index (χ1v) is 7.68. The van der Waals surface area contributed by atoms with Crippen LogP contribution in [-0.2, 0) is 18.6 Å². The van der Waals surface area contributed by atoms with E-state index in [0.717, 1.165) is 34.2 Å².